The Morgan fingerprint density at radius 3 is 2.20 bits per heavy atom. The molecule has 1 aromatic rings. The highest BCUT2D eigenvalue weighted by Crippen LogP contribution is 2.14. The van der Waals surface area contributed by atoms with Gasteiger partial charge in [0.1, 0.15) is 24.7 Å². The standard InChI is InChI=1S/C21H26FN3O10/c22-10-12-35-14-5-3-13(4-6-14)17(28)23-11-2-1-9-21(34,19(31)32)25-20(33)24-15(18(29)30)7-8-16(26)27/h3-6,34H,1-2,7-12H2,(H,23,28)(H,25,33)(H,26,27)(H,29,30)(H,31,32)/t21-/m0/s1. The average Bonchev–Trinajstić information content (AvgIpc) is 2.79. The molecule has 1 rings (SSSR count). The van der Waals surface area contributed by atoms with Crippen molar-refractivity contribution in [3.05, 3.63) is 29.8 Å². The van der Waals surface area contributed by atoms with Gasteiger partial charge in [0.05, 0.1) is 6.42 Å². The predicted octanol–water partition coefficient (Wildman–Crippen LogP) is 0.808. The fourth-order valence-corrected chi connectivity index (χ4v) is 2.66. The first-order valence-electron chi connectivity index (χ1n) is 10.4. The second-order valence-electron chi connectivity index (χ2n) is 7.13. The maximum absolute atomic E-state index is 12.1. The minimum Gasteiger partial charge on any atom is -0.491 e. The highest BCUT2D eigenvalue weighted by molar-refractivity contribution is 6.37. The van der Waals surface area contributed by atoms with Gasteiger partial charge in [0.2, 0.25) is 5.72 Å². The number of benzene rings is 1. The van der Waals surface area contributed by atoms with Crippen LogP contribution in [0.3, 0.4) is 0 Å². The highest BCUT2D eigenvalue weighted by atomic mass is 19.1. The third kappa shape index (κ3) is 10.6. The van der Waals surface area contributed by atoms with Crippen LogP contribution in [0.25, 0.3) is 0 Å². The molecule has 0 radical (unpaired) electrons. The quantitative estimate of drug-likeness (QED) is 0.113. The Balaban J connectivity index is 2.57. The van der Waals surface area contributed by atoms with Crippen LogP contribution in [0.5, 0.6) is 5.75 Å². The van der Waals surface area contributed by atoms with E-state index in [4.69, 9.17) is 14.9 Å². The third-order valence-corrected chi connectivity index (χ3v) is 4.44. The van der Waals surface area contributed by atoms with Crippen LogP contribution in [0.4, 0.5) is 9.18 Å². The molecule has 0 bridgehead atoms. The van der Waals surface area contributed by atoms with Crippen molar-refractivity contribution < 1.29 is 53.5 Å². The molecule has 3 amide bonds. The summed E-state index contributed by atoms with van der Waals surface area (Å²) in [4.78, 5) is 60.3. The molecule has 192 valence electrons. The van der Waals surface area contributed by atoms with Crippen LogP contribution in [-0.4, -0.2) is 81.5 Å². The number of aliphatic imine (C=N–C) groups is 1. The van der Waals surface area contributed by atoms with Crippen LogP contribution in [-0.2, 0) is 14.4 Å². The Kier molecular flexibility index (Phi) is 11.8. The van der Waals surface area contributed by atoms with Gasteiger partial charge in [-0.05, 0) is 37.1 Å². The van der Waals surface area contributed by atoms with Crippen molar-refractivity contribution in [1.82, 2.24) is 10.6 Å². The summed E-state index contributed by atoms with van der Waals surface area (Å²) in [6.45, 7) is -0.641. The summed E-state index contributed by atoms with van der Waals surface area (Å²) >= 11 is 0. The van der Waals surface area contributed by atoms with Crippen molar-refractivity contribution in [1.29, 1.82) is 0 Å². The Labute approximate surface area is 198 Å². The summed E-state index contributed by atoms with van der Waals surface area (Å²) in [5.41, 5.74) is -3.28. The van der Waals surface area contributed by atoms with Gasteiger partial charge in [-0.1, -0.05) is 0 Å². The molecule has 6 N–H and O–H groups in total. The third-order valence-electron chi connectivity index (χ3n) is 4.44. The average molecular weight is 499 g/mol. The molecule has 0 unspecified atom stereocenters. The normalized spacial score (nSPS) is 12.8. The summed E-state index contributed by atoms with van der Waals surface area (Å²) in [6.07, 6.45) is -1.44. The Bertz CT molecular complexity index is 951. The number of carboxylic acid groups (broad SMARTS) is 3. The molecular formula is C21H26FN3O10. The van der Waals surface area contributed by atoms with Crippen molar-refractivity contribution in [3.8, 4) is 5.75 Å². The molecule has 14 heteroatoms. The molecule has 0 aliphatic carbocycles. The van der Waals surface area contributed by atoms with E-state index < -0.39 is 67.2 Å². The molecule has 1 aromatic carbocycles. The van der Waals surface area contributed by atoms with Crippen LogP contribution in [0.2, 0.25) is 0 Å². The molecular weight excluding hydrogens is 473 g/mol. The van der Waals surface area contributed by atoms with E-state index in [0.29, 0.717) is 11.3 Å². The smallest absolute Gasteiger partial charge is 0.357 e. The number of ether oxygens (including phenoxy) is 1. The van der Waals surface area contributed by atoms with Crippen LogP contribution in [0.1, 0.15) is 42.5 Å². The number of carbonyl (C=O) groups is 5. The number of nitrogens with zero attached hydrogens (tertiary/aromatic N) is 1. The summed E-state index contributed by atoms with van der Waals surface area (Å²) < 4.78 is 17.2. The van der Waals surface area contributed by atoms with E-state index >= 15 is 0 Å². The van der Waals surface area contributed by atoms with E-state index in [-0.39, 0.29) is 26.0 Å². The van der Waals surface area contributed by atoms with E-state index in [1.807, 2.05) is 0 Å². The Hall–Kier alpha value is -4.07. The van der Waals surface area contributed by atoms with Gasteiger partial charge in [0.25, 0.3) is 5.91 Å². The molecule has 35 heavy (non-hydrogen) atoms. The number of urea groups is 1. The lowest BCUT2D eigenvalue weighted by molar-refractivity contribution is -0.161. The summed E-state index contributed by atoms with van der Waals surface area (Å²) in [5, 5.41) is 41.4. The summed E-state index contributed by atoms with van der Waals surface area (Å²) in [6, 6.07) is 4.48. The van der Waals surface area contributed by atoms with E-state index in [0.717, 1.165) is 0 Å². The Morgan fingerprint density at radius 1 is 1.00 bits per heavy atom. The van der Waals surface area contributed by atoms with Crippen LogP contribution >= 0.6 is 0 Å². The van der Waals surface area contributed by atoms with Crippen molar-refractivity contribution >= 4 is 35.6 Å². The number of carbonyl (C=O) groups excluding carboxylic acids is 2. The lowest BCUT2D eigenvalue weighted by Crippen LogP contribution is -2.54. The van der Waals surface area contributed by atoms with Gasteiger partial charge in [-0.15, -0.1) is 0 Å². The number of nitrogens with one attached hydrogen (secondary N) is 2. The molecule has 0 aliphatic rings. The maximum atomic E-state index is 12.1. The monoisotopic (exact) mass is 499 g/mol. The van der Waals surface area contributed by atoms with Crippen molar-refractivity contribution in [2.24, 2.45) is 4.99 Å². The van der Waals surface area contributed by atoms with E-state index in [2.05, 4.69) is 10.3 Å². The second kappa shape index (κ2) is 14.2. The zero-order valence-corrected chi connectivity index (χ0v) is 18.5. The molecule has 0 saturated carbocycles. The number of aliphatic hydroxyl groups is 1. The van der Waals surface area contributed by atoms with Crippen molar-refractivity contribution in [3.63, 3.8) is 0 Å². The van der Waals surface area contributed by atoms with Crippen molar-refractivity contribution in [2.45, 2.75) is 37.8 Å². The number of carboxylic acids is 3. The zero-order chi connectivity index (χ0) is 26.4. The first-order valence-corrected chi connectivity index (χ1v) is 10.4. The molecule has 0 spiro atoms. The zero-order valence-electron chi connectivity index (χ0n) is 18.5. The number of unbranched alkanes of at least 4 members (excludes halogenated alkanes) is 1. The van der Waals surface area contributed by atoms with Crippen LogP contribution in [0, 0.1) is 0 Å². The molecule has 0 saturated heterocycles. The minimum absolute atomic E-state index is 0.0356. The van der Waals surface area contributed by atoms with Gasteiger partial charge in [0.15, 0.2) is 0 Å². The first-order chi connectivity index (χ1) is 16.5. The number of amides is 3. The van der Waals surface area contributed by atoms with Gasteiger partial charge in [0, 0.05) is 24.9 Å². The van der Waals surface area contributed by atoms with Gasteiger partial charge in [-0.2, -0.15) is 4.99 Å². The van der Waals surface area contributed by atoms with Gasteiger partial charge in [-0.3, -0.25) is 14.9 Å². The molecule has 13 nitrogen and oxygen atoms in total. The van der Waals surface area contributed by atoms with Gasteiger partial charge < -0.3 is 30.5 Å². The van der Waals surface area contributed by atoms with Crippen molar-refractivity contribution in [2.75, 3.05) is 19.8 Å². The molecule has 0 aliphatic heterocycles. The number of rotatable bonds is 15. The number of aliphatic carboxylic acids is 3. The van der Waals surface area contributed by atoms with E-state index in [1.54, 1.807) is 5.32 Å². The largest absolute Gasteiger partial charge is 0.491 e. The number of hydrogen-bond acceptors (Lipinski definition) is 7. The molecule has 0 fully saturated rings. The Morgan fingerprint density at radius 2 is 1.66 bits per heavy atom. The van der Waals surface area contributed by atoms with E-state index in [9.17, 15) is 38.6 Å². The second-order valence-corrected chi connectivity index (χ2v) is 7.13. The van der Waals surface area contributed by atoms with Crippen LogP contribution < -0.4 is 15.4 Å². The maximum Gasteiger partial charge on any atom is 0.357 e. The topological polar surface area (TPSA) is 212 Å². The minimum atomic E-state index is -2.77. The predicted molar refractivity (Wildman–Crippen MR) is 117 cm³/mol. The molecule has 0 aromatic heterocycles. The van der Waals surface area contributed by atoms with Gasteiger partial charge >= 0.3 is 23.9 Å². The summed E-state index contributed by atoms with van der Waals surface area (Å²) in [7, 11) is 0. The van der Waals surface area contributed by atoms with Crippen LogP contribution in [0.15, 0.2) is 29.3 Å². The molecule has 1 atom stereocenters. The fourth-order valence-electron chi connectivity index (χ4n) is 2.66. The first kappa shape index (κ1) is 29.0. The SMILES string of the molecule is O=C(O)CCC(=NC(=O)N[C@](O)(CCCCNC(=O)c1ccc(OCCF)cc1)C(=O)O)C(=O)O. The number of alkyl halides is 1. The van der Waals surface area contributed by atoms with E-state index in [1.165, 1.54) is 24.3 Å². The fraction of sp³-hybridized carbons (Fsp3) is 0.429. The van der Waals surface area contributed by atoms with Gasteiger partial charge in [-0.25, -0.2) is 18.8 Å². The lowest BCUT2D eigenvalue weighted by atomic mass is 10.1. The summed E-state index contributed by atoms with van der Waals surface area (Å²) in [5.74, 6) is -4.84. The number of halogens is 1. The highest BCUT2D eigenvalue weighted by Gasteiger charge is 2.37. The molecule has 0 heterocycles. The number of hydrogen-bond donors (Lipinski definition) is 6. The lowest BCUT2D eigenvalue weighted by Gasteiger charge is -2.23.